The normalized spacial score (nSPS) is 14.8. The van der Waals surface area contributed by atoms with Crippen molar-refractivity contribution in [2.75, 3.05) is 31.1 Å². The van der Waals surface area contributed by atoms with Crippen LogP contribution >= 0.6 is 7.92 Å². The highest BCUT2D eigenvalue weighted by molar-refractivity contribution is 7.65. The van der Waals surface area contributed by atoms with Crippen molar-refractivity contribution >= 4 is 18.9 Å². The fourth-order valence-electron chi connectivity index (χ4n) is 2.69. The molecule has 0 unspecified atom stereocenters. The average molecular weight is 344 g/mol. The lowest BCUT2D eigenvalue weighted by Crippen LogP contribution is -2.35. The first kappa shape index (κ1) is 20.7. The van der Waals surface area contributed by atoms with Crippen LogP contribution in [0, 0.1) is 0 Å². The maximum Gasteiger partial charge on any atom is 0.0314 e. The second-order valence-electron chi connectivity index (χ2n) is 5.34. The van der Waals surface area contributed by atoms with Gasteiger partial charge >= 0.3 is 0 Å². The molecule has 2 aromatic rings. The lowest BCUT2D eigenvalue weighted by molar-refractivity contribution is 0.292. The van der Waals surface area contributed by atoms with Gasteiger partial charge in [0.1, 0.15) is 0 Å². The molecule has 3 heteroatoms. The topological polar surface area (TPSA) is 29.3 Å². The monoisotopic (exact) mass is 344 g/mol. The third-order valence-corrected chi connectivity index (χ3v) is 6.39. The van der Waals surface area contributed by atoms with Gasteiger partial charge in [0, 0.05) is 25.3 Å². The van der Waals surface area contributed by atoms with E-state index in [1.807, 2.05) is 39.8 Å². The number of nitrogens with zero attached hydrogens (tertiary/aromatic N) is 1. The van der Waals surface area contributed by atoms with Crippen LogP contribution in [0.3, 0.4) is 0 Å². The molecule has 1 fully saturated rings. The standard InChI is InChI=1S/C17H21N2P.2C2H6/c18-16-6-8-17(9-7-16)20-12-10-19(11-13-20)14-15-4-2-1-3-5-15;2*1-2/h1-9H,10-14,18H2;2*1-2H3. The van der Waals surface area contributed by atoms with Gasteiger partial charge in [-0.15, -0.1) is 0 Å². The molecule has 0 radical (unpaired) electrons. The lowest BCUT2D eigenvalue weighted by atomic mass is 10.2. The van der Waals surface area contributed by atoms with Crippen molar-refractivity contribution in [3.05, 3.63) is 60.2 Å². The van der Waals surface area contributed by atoms with E-state index in [0.29, 0.717) is 0 Å². The highest BCUT2D eigenvalue weighted by atomic mass is 31.1. The molecule has 1 aliphatic heterocycles. The van der Waals surface area contributed by atoms with Crippen LogP contribution < -0.4 is 11.0 Å². The van der Waals surface area contributed by atoms with E-state index in [0.717, 1.165) is 12.2 Å². The van der Waals surface area contributed by atoms with Crippen molar-refractivity contribution in [2.24, 2.45) is 0 Å². The van der Waals surface area contributed by atoms with Gasteiger partial charge in [0.05, 0.1) is 0 Å². The van der Waals surface area contributed by atoms with Gasteiger partial charge in [-0.05, 0) is 35.3 Å². The third kappa shape index (κ3) is 6.63. The maximum absolute atomic E-state index is 5.76. The molecule has 0 aliphatic carbocycles. The van der Waals surface area contributed by atoms with E-state index in [1.165, 1.54) is 36.3 Å². The summed E-state index contributed by atoms with van der Waals surface area (Å²) >= 11 is 0. The van der Waals surface area contributed by atoms with Crippen LogP contribution in [0.15, 0.2) is 54.6 Å². The van der Waals surface area contributed by atoms with Gasteiger partial charge in [0.2, 0.25) is 0 Å². The summed E-state index contributed by atoms with van der Waals surface area (Å²) in [6, 6.07) is 19.3. The Morgan fingerprint density at radius 1 is 0.833 bits per heavy atom. The lowest BCUT2D eigenvalue weighted by Gasteiger charge is -2.32. The average Bonchev–Trinajstić information content (AvgIpc) is 2.67. The predicted molar refractivity (Wildman–Crippen MR) is 112 cm³/mol. The molecule has 1 aliphatic rings. The summed E-state index contributed by atoms with van der Waals surface area (Å²) in [6.45, 7) is 11.5. The molecule has 132 valence electrons. The molecule has 2 N–H and O–H groups in total. The number of nitrogens with two attached hydrogens (primary N) is 1. The summed E-state index contributed by atoms with van der Waals surface area (Å²) in [5, 5.41) is 1.51. The van der Waals surface area contributed by atoms with E-state index >= 15 is 0 Å². The van der Waals surface area contributed by atoms with Crippen LogP contribution in [0.2, 0.25) is 0 Å². The maximum atomic E-state index is 5.76. The van der Waals surface area contributed by atoms with Gasteiger partial charge in [-0.3, -0.25) is 4.90 Å². The Morgan fingerprint density at radius 2 is 1.38 bits per heavy atom. The molecule has 3 rings (SSSR count). The molecule has 0 aromatic heterocycles. The van der Waals surface area contributed by atoms with Crippen LogP contribution in [0.1, 0.15) is 33.3 Å². The van der Waals surface area contributed by atoms with Crippen molar-refractivity contribution < 1.29 is 0 Å². The minimum Gasteiger partial charge on any atom is -0.399 e. The Labute approximate surface area is 149 Å². The number of anilines is 1. The Balaban J connectivity index is 0.000000671. The number of nitrogen functional groups attached to an aromatic ring is 1. The number of benzene rings is 2. The fourth-order valence-corrected chi connectivity index (χ4v) is 5.05. The van der Waals surface area contributed by atoms with Crippen LogP contribution in [-0.4, -0.2) is 30.3 Å². The molecular formula is C21H33N2P. The molecule has 0 amide bonds. The zero-order chi connectivity index (χ0) is 17.8. The molecule has 0 bridgehead atoms. The summed E-state index contributed by atoms with van der Waals surface area (Å²) < 4.78 is 0. The van der Waals surface area contributed by atoms with Crippen molar-refractivity contribution in [1.29, 1.82) is 0 Å². The second-order valence-corrected chi connectivity index (χ2v) is 7.83. The number of hydrogen-bond donors (Lipinski definition) is 1. The molecule has 0 saturated carbocycles. The summed E-state index contributed by atoms with van der Waals surface area (Å²) in [5.41, 5.74) is 8.05. The molecular weight excluding hydrogens is 311 g/mol. The van der Waals surface area contributed by atoms with Gasteiger partial charge < -0.3 is 5.73 Å². The molecule has 2 aromatic carbocycles. The molecule has 24 heavy (non-hydrogen) atoms. The first-order valence-electron chi connectivity index (χ1n) is 9.18. The SMILES string of the molecule is CC.CC.Nc1ccc(P2CCN(Cc3ccccc3)CC2)cc1. The van der Waals surface area contributed by atoms with Crippen LogP contribution in [0.5, 0.6) is 0 Å². The Hall–Kier alpha value is -1.37. The van der Waals surface area contributed by atoms with Crippen LogP contribution in [0.25, 0.3) is 0 Å². The number of hydrogen-bond acceptors (Lipinski definition) is 2. The van der Waals surface area contributed by atoms with Crippen molar-refractivity contribution in [2.45, 2.75) is 34.2 Å². The van der Waals surface area contributed by atoms with E-state index in [2.05, 4.69) is 47.4 Å². The highest BCUT2D eigenvalue weighted by Gasteiger charge is 2.19. The number of rotatable bonds is 3. The first-order chi connectivity index (χ1) is 11.8. The van der Waals surface area contributed by atoms with E-state index < -0.39 is 0 Å². The third-order valence-electron chi connectivity index (χ3n) is 3.88. The zero-order valence-corrected chi connectivity index (χ0v) is 16.6. The second kappa shape index (κ2) is 12.1. The quantitative estimate of drug-likeness (QED) is 0.631. The van der Waals surface area contributed by atoms with Gasteiger partial charge in [0.25, 0.3) is 0 Å². The van der Waals surface area contributed by atoms with E-state index in [-0.39, 0.29) is 7.92 Å². The Kier molecular flexibility index (Phi) is 10.4. The molecule has 2 nitrogen and oxygen atoms in total. The predicted octanol–water partition coefficient (Wildman–Crippen LogP) is 4.94. The van der Waals surface area contributed by atoms with Gasteiger partial charge in [0.15, 0.2) is 0 Å². The Morgan fingerprint density at radius 3 is 1.92 bits per heavy atom. The van der Waals surface area contributed by atoms with Gasteiger partial charge in [-0.1, -0.05) is 78.1 Å². The van der Waals surface area contributed by atoms with Gasteiger partial charge in [-0.2, -0.15) is 0 Å². The summed E-state index contributed by atoms with van der Waals surface area (Å²) in [6.07, 6.45) is 2.62. The van der Waals surface area contributed by atoms with E-state index in [1.54, 1.807) is 0 Å². The first-order valence-corrected chi connectivity index (χ1v) is 10.9. The largest absolute Gasteiger partial charge is 0.399 e. The fraction of sp³-hybridized carbons (Fsp3) is 0.429. The van der Waals surface area contributed by atoms with E-state index in [9.17, 15) is 0 Å². The van der Waals surface area contributed by atoms with Crippen molar-refractivity contribution in [3.63, 3.8) is 0 Å². The van der Waals surface area contributed by atoms with Crippen LogP contribution in [0.4, 0.5) is 5.69 Å². The zero-order valence-electron chi connectivity index (χ0n) is 15.7. The summed E-state index contributed by atoms with van der Waals surface area (Å²) in [4.78, 5) is 2.57. The minimum atomic E-state index is 0.0223. The van der Waals surface area contributed by atoms with Crippen molar-refractivity contribution in [1.82, 2.24) is 4.90 Å². The summed E-state index contributed by atoms with van der Waals surface area (Å²) in [5.74, 6) is 0. The van der Waals surface area contributed by atoms with Crippen LogP contribution in [-0.2, 0) is 6.54 Å². The molecule has 0 atom stereocenters. The Bertz CT molecular complexity index is 532. The minimum absolute atomic E-state index is 0.0223. The smallest absolute Gasteiger partial charge is 0.0314 e. The van der Waals surface area contributed by atoms with E-state index in [4.69, 9.17) is 5.73 Å². The molecule has 1 saturated heterocycles. The van der Waals surface area contributed by atoms with Crippen molar-refractivity contribution in [3.8, 4) is 0 Å². The molecule has 0 spiro atoms. The summed E-state index contributed by atoms with van der Waals surface area (Å²) in [7, 11) is 0.0223. The highest BCUT2D eigenvalue weighted by Crippen LogP contribution is 2.37. The molecule has 1 heterocycles. The van der Waals surface area contributed by atoms with Gasteiger partial charge in [-0.25, -0.2) is 0 Å².